The van der Waals surface area contributed by atoms with E-state index in [1.54, 1.807) is 0 Å². The van der Waals surface area contributed by atoms with E-state index in [1.165, 1.54) is 166 Å². The molecule has 0 bridgehead atoms. The number of benzene rings is 21. The van der Waals surface area contributed by atoms with E-state index < -0.39 is 0 Å². The van der Waals surface area contributed by atoms with Crippen molar-refractivity contribution in [2.45, 2.75) is 0 Å². The first-order valence-corrected chi connectivity index (χ1v) is 50.3. The first-order chi connectivity index (χ1) is 70.0. The lowest BCUT2D eigenvalue weighted by atomic mass is 9.91. The third kappa shape index (κ3) is 13.4. The highest BCUT2D eigenvalue weighted by Crippen LogP contribution is 2.54. The van der Waals surface area contributed by atoms with Gasteiger partial charge in [0.2, 0.25) is 0 Å². The molecule has 30 rings (SSSR count). The lowest BCUT2D eigenvalue weighted by molar-refractivity contribution is 0.669. The maximum atomic E-state index is 6.87. The van der Waals surface area contributed by atoms with Crippen molar-refractivity contribution in [1.29, 1.82) is 0 Å². The smallest absolute Gasteiger partial charge is 0.143 e. The van der Waals surface area contributed by atoms with E-state index >= 15 is 0 Å². The summed E-state index contributed by atoms with van der Waals surface area (Å²) >= 11 is 5.65. The first kappa shape index (κ1) is 81.6. The fraction of sp³-hybridized carbons (Fsp3) is 0. The molecular formula is C132H81N3O3S3. The van der Waals surface area contributed by atoms with Gasteiger partial charge in [-0.15, -0.1) is 34.0 Å². The van der Waals surface area contributed by atoms with Crippen LogP contribution < -0.4 is 0 Å². The molecule has 21 aromatic carbocycles. The Bertz CT molecular complexity index is 10200. The summed E-state index contributed by atoms with van der Waals surface area (Å²) in [6, 6.07) is 176. The number of furan rings is 3. The Balaban J connectivity index is 0.000000104. The highest BCUT2D eigenvalue weighted by Gasteiger charge is 2.29. The summed E-state index contributed by atoms with van der Waals surface area (Å²) in [6.45, 7) is 0. The zero-order valence-corrected chi connectivity index (χ0v) is 78.5. The molecule has 0 saturated heterocycles. The largest absolute Gasteiger partial charge is 0.456 e. The van der Waals surface area contributed by atoms with E-state index in [0.29, 0.717) is 0 Å². The van der Waals surface area contributed by atoms with Crippen molar-refractivity contribution in [2.75, 3.05) is 0 Å². The molecule has 9 heterocycles. The predicted molar refractivity (Wildman–Crippen MR) is 599 cm³/mol. The van der Waals surface area contributed by atoms with Gasteiger partial charge in [-0.3, -0.25) is 0 Å². The third-order valence-corrected chi connectivity index (χ3v) is 31.8. The van der Waals surface area contributed by atoms with E-state index in [4.69, 9.17) is 13.3 Å². The topological polar surface area (TPSA) is 54.2 Å². The molecule has 0 saturated carbocycles. The number of hydrogen-bond donors (Lipinski definition) is 0. The molecule has 0 fully saturated rings. The number of rotatable bonds is 12. The predicted octanol–water partition coefficient (Wildman–Crippen LogP) is 38.7. The van der Waals surface area contributed by atoms with E-state index in [1.807, 2.05) is 40.1 Å². The number of para-hydroxylation sites is 9. The summed E-state index contributed by atoms with van der Waals surface area (Å²) in [5.74, 6) is 0. The number of fused-ring (bicyclic) bond motifs is 24. The van der Waals surface area contributed by atoms with Crippen molar-refractivity contribution in [3.63, 3.8) is 0 Å². The molecule has 0 unspecified atom stereocenters. The summed E-state index contributed by atoms with van der Waals surface area (Å²) in [5, 5.41) is 14.5. The zero-order valence-electron chi connectivity index (χ0n) is 76.1. The molecular weight excluding hydrogens is 1770 g/mol. The highest BCUT2D eigenvalue weighted by atomic mass is 32.1. The fourth-order valence-electron chi connectivity index (χ4n) is 22.1. The standard InChI is InChI=1S/3C44H27NOS/c1-3-14-28(15-4-1)30-21-11-24-35-36-25-12-23-34(43(36)46-42(30)35)32-19-8-7-18-31(32)33-22-13-27-39-40(33)41-44(47-39)37-20-9-10-26-38(37)45(41)29-16-5-2-6-17-29;1-3-13-28(14-4-1)29-25-26-39-37(27-29)35-22-11-21-34(43(35)46-39)32-18-8-7-17-31(32)33-20-12-24-40-41(33)42-44(47-40)36-19-9-10-23-38(36)45(42)30-15-5-2-6-16-30;1-3-12-28(13-4-1)29-22-24-34-35-25-23-30(27-40(35)46-39(34)26-29)32-16-7-8-17-33(32)36-19-11-21-41-42(36)43-44(47-41)37-18-9-10-20-38(37)45(43)31-14-5-2-6-15-31/h3*1-27H. The van der Waals surface area contributed by atoms with Gasteiger partial charge in [0.1, 0.15) is 33.5 Å². The lowest BCUT2D eigenvalue weighted by Gasteiger charge is -2.13. The van der Waals surface area contributed by atoms with E-state index in [2.05, 4.69) is 499 Å². The van der Waals surface area contributed by atoms with Gasteiger partial charge >= 0.3 is 0 Å². The van der Waals surface area contributed by atoms with Crippen molar-refractivity contribution in [1.82, 2.24) is 13.7 Å². The van der Waals surface area contributed by atoms with Gasteiger partial charge in [0.05, 0.1) is 47.2 Å². The molecule has 0 atom stereocenters. The second-order valence-corrected chi connectivity index (χ2v) is 39.3. The van der Waals surface area contributed by atoms with Crippen LogP contribution in [0.5, 0.6) is 0 Å². The lowest BCUT2D eigenvalue weighted by Crippen LogP contribution is -1.94. The molecule has 0 aliphatic carbocycles. The molecule has 0 radical (unpaired) electrons. The Morgan fingerprint density at radius 2 is 0.447 bits per heavy atom. The molecule has 0 aliphatic rings. The summed E-state index contributed by atoms with van der Waals surface area (Å²) in [6.07, 6.45) is 0. The average molecular weight is 1850 g/mol. The van der Waals surface area contributed by atoms with Crippen LogP contribution in [0.3, 0.4) is 0 Å². The van der Waals surface area contributed by atoms with Crippen LogP contribution >= 0.6 is 34.0 Å². The minimum atomic E-state index is 0.901. The maximum absolute atomic E-state index is 6.87. The van der Waals surface area contributed by atoms with Crippen LogP contribution in [-0.2, 0) is 0 Å². The highest BCUT2D eigenvalue weighted by molar-refractivity contribution is 7.27. The molecule has 660 valence electrons. The Hall–Kier alpha value is -17.7. The molecule has 30 aromatic rings. The van der Waals surface area contributed by atoms with Gasteiger partial charge in [-0.05, 0) is 193 Å². The third-order valence-electron chi connectivity index (χ3n) is 28.3. The first-order valence-electron chi connectivity index (χ1n) is 47.8. The molecule has 0 N–H and O–H groups in total. The van der Waals surface area contributed by atoms with E-state index in [0.717, 1.165) is 110 Å². The quantitative estimate of drug-likeness (QED) is 0.122. The van der Waals surface area contributed by atoms with E-state index in [9.17, 15) is 0 Å². The summed E-state index contributed by atoms with van der Waals surface area (Å²) in [4.78, 5) is 0. The van der Waals surface area contributed by atoms with Crippen LogP contribution in [0.25, 0.3) is 277 Å². The number of nitrogens with zero attached hydrogens (tertiary/aromatic N) is 3. The van der Waals surface area contributed by atoms with Gasteiger partial charge in [-0.25, -0.2) is 0 Å². The molecule has 0 amide bonds. The Labute approximate surface area is 822 Å². The molecule has 9 heteroatoms. The van der Waals surface area contributed by atoms with Gasteiger partial charge in [-0.2, -0.15) is 0 Å². The number of hydrogen-bond acceptors (Lipinski definition) is 6. The van der Waals surface area contributed by atoms with Gasteiger partial charge < -0.3 is 27.0 Å². The summed E-state index contributed by atoms with van der Waals surface area (Å²) in [5.41, 5.74) is 37.6. The van der Waals surface area contributed by atoms with Crippen LogP contribution in [0, 0.1) is 0 Å². The number of aromatic nitrogens is 3. The maximum Gasteiger partial charge on any atom is 0.143 e. The van der Waals surface area contributed by atoms with Gasteiger partial charge in [0.25, 0.3) is 0 Å². The SMILES string of the molecule is c1ccc(-c2ccc3c(c2)oc2cc(-c4ccccc4-c4cccc5sc6c7ccccc7n(-c7ccccc7)c6c45)ccc23)cc1.c1ccc(-c2ccc3oc4c(-c5ccccc5-c5cccc6sc7c8ccccc8n(-c8ccccc8)c7c56)cccc4c3c2)cc1.c1ccc(-c2cccc3c2oc2c(-c4ccccc4-c4cccc5sc6c7ccccc7n(-c7ccccc7)c6c45)cccc23)cc1. The van der Waals surface area contributed by atoms with Crippen molar-refractivity contribution in [3.05, 3.63) is 491 Å². The Morgan fingerprint density at radius 3 is 0.879 bits per heavy atom. The van der Waals surface area contributed by atoms with Crippen LogP contribution in [0.15, 0.2) is 505 Å². The van der Waals surface area contributed by atoms with Crippen LogP contribution in [0.4, 0.5) is 0 Å². The van der Waals surface area contributed by atoms with Crippen LogP contribution in [0.1, 0.15) is 0 Å². The van der Waals surface area contributed by atoms with Crippen LogP contribution in [0.2, 0.25) is 0 Å². The number of thiophene rings is 3. The second-order valence-electron chi connectivity index (χ2n) is 36.2. The molecule has 9 aromatic heterocycles. The van der Waals surface area contributed by atoms with Crippen molar-refractivity contribution in [2.24, 2.45) is 0 Å². The molecule has 0 spiro atoms. The van der Waals surface area contributed by atoms with Crippen molar-refractivity contribution < 1.29 is 13.3 Å². The molecule has 6 nitrogen and oxygen atoms in total. The molecule has 141 heavy (non-hydrogen) atoms. The van der Waals surface area contributed by atoms with E-state index in [-0.39, 0.29) is 0 Å². The van der Waals surface area contributed by atoms with Gasteiger partial charge in [0.15, 0.2) is 0 Å². The zero-order chi connectivity index (χ0) is 92.7. The Morgan fingerprint density at radius 1 is 0.156 bits per heavy atom. The van der Waals surface area contributed by atoms with Crippen LogP contribution in [-0.4, -0.2) is 13.7 Å². The normalized spacial score (nSPS) is 11.8. The second kappa shape index (κ2) is 33.6. The minimum absolute atomic E-state index is 0.901. The minimum Gasteiger partial charge on any atom is -0.456 e. The van der Waals surface area contributed by atoms with Crippen molar-refractivity contribution in [3.8, 4) is 117 Å². The summed E-state index contributed by atoms with van der Waals surface area (Å²) < 4.78 is 35.2. The van der Waals surface area contributed by atoms with Gasteiger partial charge in [-0.1, -0.05) is 382 Å². The summed E-state index contributed by atoms with van der Waals surface area (Å²) in [7, 11) is 0. The molecule has 0 aliphatic heterocycles. The average Bonchev–Trinajstić information content (AvgIpc) is 1.76. The monoisotopic (exact) mass is 1850 g/mol. The van der Waals surface area contributed by atoms with Gasteiger partial charge in [0, 0.05) is 112 Å². The van der Waals surface area contributed by atoms with Crippen molar-refractivity contribution >= 4 is 193 Å². The Kier molecular flexibility index (Phi) is 19.5. The fourth-order valence-corrected chi connectivity index (χ4v) is 25.8.